The quantitative estimate of drug-likeness (QED) is 0.378. The second-order valence-electron chi connectivity index (χ2n) is 2.56. The number of hydrogen-bond donors (Lipinski definition) is 0. The highest BCUT2D eigenvalue weighted by atomic mass is 16.7. The molecule has 0 saturated carbocycles. The minimum absolute atomic E-state index is 0.343. The maximum Gasteiger partial charge on any atom is 0.306 e. The van der Waals surface area contributed by atoms with E-state index < -0.39 is 17.7 Å². The van der Waals surface area contributed by atoms with Gasteiger partial charge in [0.25, 0.3) is 5.79 Å². The Balaban J connectivity index is 4.58. The Morgan fingerprint density at radius 2 is 1.69 bits per heavy atom. The molecule has 0 fully saturated rings. The maximum atomic E-state index is 10.7. The van der Waals surface area contributed by atoms with E-state index in [2.05, 4.69) is 6.58 Å². The van der Waals surface area contributed by atoms with Crippen molar-refractivity contribution in [3.05, 3.63) is 12.7 Å². The number of carbonyl (C=O) groups excluding carboxylic acids is 2. The molecule has 0 radical (unpaired) electrons. The van der Waals surface area contributed by atoms with Crippen LogP contribution in [0.4, 0.5) is 0 Å². The van der Waals surface area contributed by atoms with Crippen LogP contribution in [0.3, 0.4) is 0 Å². The normalized spacial score (nSPS) is 10.4. The summed E-state index contributed by atoms with van der Waals surface area (Å²) >= 11 is 0. The molecule has 0 N–H and O–H groups in total. The van der Waals surface area contributed by atoms with Crippen molar-refractivity contribution in [3.63, 3.8) is 0 Å². The lowest BCUT2D eigenvalue weighted by Crippen LogP contribution is -2.36. The average molecular weight is 186 g/mol. The number of hydrogen-bond acceptors (Lipinski definition) is 4. The Hall–Kier alpha value is -1.32. The molecule has 4 nitrogen and oxygen atoms in total. The van der Waals surface area contributed by atoms with Gasteiger partial charge < -0.3 is 9.47 Å². The molecule has 0 aliphatic rings. The Morgan fingerprint density at radius 1 is 1.31 bits per heavy atom. The van der Waals surface area contributed by atoms with E-state index in [0.717, 1.165) is 0 Å². The van der Waals surface area contributed by atoms with Gasteiger partial charge in [-0.15, -0.1) is 0 Å². The van der Waals surface area contributed by atoms with E-state index in [4.69, 9.17) is 9.47 Å². The number of ether oxygens (including phenoxy) is 2. The summed E-state index contributed by atoms with van der Waals surface area (Å²) in [5, 5.41) is 0. The first-order valence-electron chi connectivity index (χ1n) is 3.98. The van der Waals surface area contributed by atoms with E-state index in [0.29, 0.717) is 6.42 Å². The van der Waals surface area contributed by atoms with Crippen molar-refractivity contribution in [1.29, 1.82) is 0 Å². The molecule has 0 bridgehead atoms. The molecule has 0 unspecified atom stereocenters. The topological polar surface area (TPSA) is 52.6 Å². The van der Waals surface area contributed by atoms with Crippen LogP contribution >= 0.6 is 0 Å². The van der Waals surface area contributed by atoms with Crippen LogP contribution in [0.25, 0.3) is 0 Å². The highest BCUT2D eigenvalue weighted by Crippen LogP contribution is 2.19. The number of carbonyl (C=O) groups is 2. The number of rotatable bonds is 4. The third-order valence-electron chi connectivity index (χ3n) is 1.44. The fourth-order valence-electron chi connectivity index (χ4n) is 0.879. The van der Waals surface area contributed by atoms with Crippen molar-refractivity contribution >= 4 is 11.9 Å². The summed E-state index contributed by atoms with van der Waals surface area (Å²) in [5.74, 6) is -2.33. The molecule has 0 aromatic carbocycles. The molecule has 0 heterocycles. The minimum Gasteiger partial charge on any atom is -0.419 e. The third-order valence-corrected chi connectivity index (χ3v) is 1.44. The van der Waals surface area contributed by atoms with Crippen molar-refractivity contribution in [2.45, 2.75) is 33.0 Å². The van der Waals surface area contributed by atoms with Gasteiger partial charge in [-0.05, 0) is 6.08 Å². The van der Waals surface area contributed by atoms with Crippen LogP contribution in [-0.4, -0.2) is 17.7 Å². The molecule has 0 rings (SSSR count). The Kier molecular flexibility index (Phi) is 4.17. The molecule has 0 amide bonds. The Labute approximate surface area is 77.5 Å². The molecule has 13 heavy (non-hydrogen) atoms. The first-order valence-corrected chi connectivity index (χ1v) is 3.98. The Morgan fingerprint density at radius 3 is 1.85 bits per heavy atom. The van der Waals surface area contributed by atoms with Gasteiger partial charge in [-0.2, -0.15) is 0 Å². The fourth-order valence-corrected chi connectivity index (χ4v) is 0.879. The molecule has 74 valence electrons. The van der Waals surface area contributed by atoms with Gasteiger partial charge >= 0.3 is 11.9 Å². The van der Waals surface area contributed by atoms with Crippen molar-refractivity contribution in [2.24, 2.45) is 0 Å². The van der Waals surface area contributed by atoms with Gasteiger partial charge in [0.05, 0.1) is 0 Å². The lowest BCUT2D eigenvalue weighted by atomic mass is 10.2. The largest absolute Gasteiger partial charge is 0.419 e. The third kappa shape index (κ3) is 3.73. The van der Waals surface area contributed by atoms with Gasteiger partial charge in [-0.25, -0.2) is 0 Å². The van der Waals surface area contributed by atoms with Crippen LogP contribution < -0.4 is 0 Å². The number of esters is 2. The summed E-state index contributed by atoms with van der Waals surface area (Å²) in [4.78, 5) is 21.4. The summed E-state index contributed by atoms with van der Waals surface area (Å²) < 4.78 is 9.69. The van der Waals surface area contributed by atoms with Gasteiger partial charge in [0.2, 0.25) is 0 Å². The summed E-state index contributed by atoms with van der Waals surface area (Å²) in [6, 6.07) is 0. The van der Waals surface area contributed by atoms with E-state index in [-0.39, 0.29) is 0 Å². The molecule has 0 aromatic heterocycles. The van der Waals surface area contributed by atoms with E-state index >= 15 is 0 Å². The molecular weight excluding hydrogens is 172 g/mol. The van der Waals surface area contributed by atoms with E-state index in [9.17, 15) is 9.59 Å². The summed E-state index contributed by atoms with van der Waals surface area (Å²) in [5.41, 5.74) is 0. The molecule has 0 aromatic rings. The van der Waals surface area contributed by atoms with Gasteiger partial charge in [0.15, 0.2) is 0 Å². The second kappa shape index (κ2) is 4.64. The van der Waals surface area contributed by atoms with E-state index in [1.807, 2.05) is 0 Å². The van der Waals surface area contributed by atoms with Crippen LogP contribution in [0.1, 0.15) is 27.2 Å². The summed E-state index contributed by atoms with van der Waals surface area (Å²) in [7, 11) is 0. The van der Waals surface area contributed by atoms with Crippen molar-refractivity contribution in [1.82, 2.24) is 0 Å². The first-order chi connectivity index (χ1) is 5.95. The predicted octanol–water partition coefficient (Wildman–Crippen LogP) is 1.40. The van der Waals surface area contributed by atoms with Gasteiger partial charge in [-0.3, -0.25) is 9.59 Å². The van der Waals surface area contributed by atoms with Crippen molar-refractivity contribution in [3.8, 4) is 0 Å². The zero-order valence-corrected chi connectivity index (χ0v) is 8.12. The van der Waals surface area contributed by atoms with Crippen LogP contribution in [0.15, 0.2) is 12.7 Å². The highest BCUT2D eigenvalue weighted by molar-refractivity contribution is 5.69. The van der Waals surface area contributed by atoms with Gasteiger partial charge in [0, 0.05) is 20.3 Å². The standard InChI is InChI=1S/C9H14O4/c1-5-9(6-2,12-7(3)10)13-8(4)11/h5H,1,6H2,2-4H3. The van der Waals surface area contributed by atoms with E-state index in [1.165, 1.54) is 19.9 Å². The lowest BCUT2D eigenvalue weighted by molar-refractivity contribution is -0.209. The van der Waals surface area contributed by atoms with Crippen molar-refractivity contribution < 1.29 is 19.1 Å². The van der Waals surface area contributed by atoms with Crippen LogP contribution in [0, 0.1) is 0 Å². The van der Waals surface area contributed by atoms with E-state index in [1.54, 1.807) is 6.92 Å². The fraction of sp³-hybridized carbons (Fsp3) is 0.556. The zero-order valence-electron chi connectivity index (χ0n) is 8.12. The monoisotopic (exact) mass is 186 g/mol. The minimum atomic E-state index is -1.31. The van der Waals surface area contributed by atoms with Gasteiger partial charge in [0.1, 0.15) is 0 Å². The Bertz CT molecular complexity index is 204. The van der Waals surface area contributed by atoms with Crippen LogP contribution in [0.5, 0.6) is 0 Å². The average Bonchev–Trinajstić information content (AvgIpc) is 2.01. The maximum absolute atomic E-state index is 10.7. The lowest BCUT2D eigenvalue weighted by Gasteiger charge is -2.27. The molecule has 0 aliphatic heterocycles. The van der Waals surface area contributed by atoms with Crippen LogP contribution in [0.2, 0.25) is 0 Å². The predicted molar refractivity (Wildman–Crippen MR) is 46.8 cm³/mol. The molecule has 0 atom stereocenters. The second-order valence-corrected chi connectivity index (χ2v) is 2.56. The smallest absolute Gasteiger partial charge is 0.306 e. The zero-order chi connectivity index (χ0) is 10.5. The first kappa shape index (κ1) is 11.7. The molecule has 4 heteroatoms. The summed E-state index contributed by atoms with van der Waals surface area (Å²) in [6.45, 7) is 7.68. The molecule has 0 spiro atoms. The summed E-state index contributed by atoms with van der Waals surface area (Å²) in [6.07, 6.45) is 1.64. The van der Waals surface area contributed by atoms with Crippen molar-refractivity contribution in [2.75, 3.05) is 0 Å². The molecule has 0 saturated heterocycles. The SMILES string of the molecule is C=CC(CC)(OC(C)=O)OC(C)=O. The van der Waals surface area contributed by atoms with Gasteiger partial charge in [-0.1, -0.05) is 13.5 Å². The molecule has 0 aliphatic carbocycles. The highest BCUT2D eigenvalue weighted by Gasteiger charge is 2.31. The van der Waals surface area contributed by atoms with Crippen LogP contribution in [-0.2, 0) is 19.1 Å². The molecular formula is C9H14O4.